The van der Waals surface area contributed by atoms with Crippen molar-refractivity contribution in [3.8, 4) is 0 Å². The molecule has 5 heteroatoms. The molecule has 0 aliphatic heterocycles. The zero-order valence-corrected chi connectivity index (χ0v) is 14.1. The number of hydrogen-bond acceptors (Lipinski definition) is 3. The molecule has 5 nitrogen and oxygen atoms in total. The summed E-state index contributed by atoms with van der Waals surface area (Å²) >= 11 is 0. The number of urea groups is 1. The SMILES string of the molecule is O=C(NCCc1cccc2cccnc12)Nc1cccc2cnccc12. The van der Waals surface area contributed by atoms with Crippen molar-refractivity contribution >= 4 is 33.4 Å². The summed E-state index contributed by atoms with van der Waals surface area (Å²) < 4.78 is 0. The van der Waals surface area contributed by atoms with Gasteiger partial charge in [0.15, 0.2) is 0 Å². The number of nitrogens with zero attached hydrogens (tertiary/aromatic N) is 2. The van der Waals surface area contributed by atoms with Crippen LogP contribution in [0.4, 0.5) is 10.5 Å². The molecule has 2 N–H and O–H groups in total. The van der Waals surface area contributed by atoms with Gasteiger partial charge in [-0.1, -0.05) is 36.4 Å². The Morgan fingerprint density at radius 3 is 2.73 bits per heavy atom. The summed E-state index contributed by atoms with van der Waals surface area (Å²) in [4.78, 5) is 20.8. The molecule has 2 heterocycles. The van der Waals surface area contributed by atoms with Crippen molar-refractivity contribution in [2.75, 3.05) is 11.9 Å². The quantitative estimate of drug-likeness (QED) is 0.585. The minimum Gasteiger partial charge on any atom is -0.338 e. The molecule has 128 valence electrons. The zero-order valence-electron chi connectivity index (χ0n) is 14.1. The molecule has 0 aliphatic rings. The van der Waals surface area contributed by atoms with E-state index in [0.29, 0.717) is 6.54 Å². The van der Waals surface area contributed by atoms with Crippen LogP contribution in [-0.2, 0) is 6.42 Å². The normalized spacial score (nSPS) is 10.8. The van der Waals surface area contributed by atoms with Crippen LogP contribution >= 0.6 is 0 Å². The Hall–Kier alpha value is -3.47. The Bertz CT molecular complexity index is 1070. The molecule has 0 atom stereocenters. The summed E-state index contributed by atoms with van der Waals surface area (Å²) in [6, 6.07) is 17.5. The maximum Gasteiger partial charge on any atom is 0.319 e. The number of rotatable bonds is 4. The van der Waals surface area contributed by atoms with Gasteiger partial charge in [0, 0.05) is 41.3 Å². The predicted molar refractivity (Wildman–Crippen MR) is 104 cm³/mol. The van der Waals surface area contributed by atoms with E-state index in [4.69, 9.17) is 0 Å². The molecule has 4 aromatic rings. The number of aromatic nitrogens is 2. The number of nitrogens with one attached hydrogen (secondary N) is 2. The average molecular weight is 342 g/mol. The highest BCUT2D eigenvalue weighted by Gasteiger charge is 2.06. The number of para-hydroxylation sites is 1. The van der Waals surface area contributed by atoms with Gasteiger partial charge in [-0.05, 0) is 30.2 Å². The average Bonchev–Trinajstić information content (AvgIpc) is 2.68. The van der Waals surface area contributed by atoms with Crippen LogP contribution in [0.2, 0.25) is 0 Å². The van der Waals surface area contributed by atoms with Gasteiger partial charge >= 0.3 is 6.03 Å². The van der Waals surface area contributed by atoms with E-state index >= 15 is 0 Å². The van der Waals surface area contributed by atoms with E-state index in [9.17, 15) is 4.79 Å². The first-order chi connectivity index (χ1) is 12.8. The van der Waals surface area contributed by atoms with Gasteiger partial charge in [0.1, 0.15) is 0 Å². The molecule has 0 unspecified atom stereocenters. The molecule has 2 aromatic carbocycles. The van der Waals surface area contributed by atoms with Crippen LogP contribution in [0.1, 0.15) is 5.56 Å². The number of hydrogen-bond donors (Lipinski definition) is 2. The van der Waals surface area contributed by atoms with Crippen LogP contribution in [0, 0.1) is 0 Å². The standard InChI is InChI=1S/C21H18N4O/c26-21(25-19-8-2-6-17-14-22-12-10-18(17)19)24-13-9-16-5-1-4-15-7-3-11-23-20(15)16/h1-8,10-12,14H,9,13H2,(H2,24,25,26). The van der Waals surface area contributed by atoms with E-state index < -0.39 is 0 Å². The van der Waals surface area contributed by atoms with Crippen LogP contribution in [0.15, 0.2) is 73.2 Å². The lowest BCUT2D eigenvalue weighted by atomic mass is 10.1. The molecule has 0 spiro atoms. The lowest BCUT2D eigenvalue weighted by molar-refractivity contribution is 0.252. The molecule has 0 saturated carbocycles. The van der Waals surface area contributed by atoms with Gasteiger partial charge in [-0.25, -0.2) is 4.79 Å². The van der Waals surface area contributed by atoms with E-state index in [1.807, 2.05) is 54.6 Å². The van der Waals surface area contributed by atoms with Crippen LogP contribution in [0.5, 0.6) is 0 Å². The minimum absolute atomic E-state index is 0.220. The lowest BCUT2D eigenvalue weighted by Crippen LogP contribution is -2.30. The maximum atomic E-state index is 12.3. The van der Waals surface area contributed by atoms with Gasteiger partial charge in [-0.3, -0.25) is 9.97 Å². The van der Waals surface area contributed by atoms with Gasteiger partial charge in [-0.2, -0.15) is 0 Å². The predicted octanol–water partition coefficient (Wildman–Crippen LogP) is 4.15. The van der Waals surface area contributed by atoms with Crippen molar-refractivity contribution in [3.63, 3.8) is 0 Å². The second kappa shape index (κ2) is 7.19. The first kappa shape index (κ1) is 16.0. The third kappa shape index (κ3) is 3.32. The van der Waals surface area contributed by atoms with Crippen LogP contribution in [0.25, 0.3) is 21.7 Å². The smallest absolute Gasteiger partial charge is 0.319 e. The van der Waals surface area contributed by atoms with Crippen molar-refractivity contribution in [2.24, 2.45) is 0 Å². The maximum absolute atomic E-state index is 12.3. The molecule has 2 amide bonds. The molecule has 2 aromatic heterocycles. The van der Waals surface area contributed by atoms with Gasteiger partial charge in [0.25, 0.3) is 0 Å². The van der Waals surface area contributed by atoms with Crippen molar-refractivity contribution in [2.45, 2.75) is 6.42 Å². The number of carbonyl (C=O) groups excluding carboxylic acids is 1. The second-order valence-corrected chi connectivity index (χ2v) is 6.03. The van der Waals surface area contributed by atoms with Gasteiger partial charge in [-0.15, -0.1) is 0 Å². The van der Waals surface area contributed by atoms with E-state index in [1.54, 1.807) is 18.6 Å². The number of fused-ring (bicyclic) bond motifs is 2. The van der Waals surface area contributed by atoms with Crippen molar-refractivity contribution in [3.05, 3.63) is 78.8 Å². The zero-order chi connectivity index (χ0) is 17.8. The highest BCUT2D eigenvalue weighted by atomic mass is 16.2. The summed E-state index contributed by atoms with van der Waals surface area (Å²) in [5.74, 6) is 0. The van der Waals surface area contributed by atoms with E-state index in [2.05, 4.69) is 20.6 Å². The highest BCUT2D eigenvalue weighted by Crippen LogP contribution is 2.22. The summed E-state index contributed by atoms with van der Waals surface area (Å²) in [7, 11) is 0. The molecule has 0 radical (unpaired) electrons. The monoisotopic (exact) mass is 342 g/mol. The Morgan fingerprint density at radius 1 is 0.923 bits per heavy atom. The third-order valence-corrected chi connectivity index (χ3v) is 4.33. The van der Waals surface area contributed by atoms with Gasteiger partial charge < -0.3 is 10.6 Å². The van der Waals surface area contributed by atoms with Crippen LogP contribution in [0.3, 0.4) is 0 Å². The van der Waals surface area contributed by atoms with Crippen molar-refractivity contribution < 1.29 is 4.79 Å². The van der Waals surface area contributed by atoms with Crippen molar-refractivity contribution in [1.82, 2.24) is 15.3 Å². The van der Waals surface area contributed by atoms with Crippen LogP contribution in [-0.4, -0.2) is 22.5 Å². The molecule has 0 bridgehead atoms. The Kier molecular flexibility index (Phi) is 4.43. The molecule has 0 saturated heterocycles. The Morgan fingerprint density at radius 2 is 1.77 bits per heavy atom. The van der Waals surface area contributed by atoms with Crippen molar-refractivity contribution in [1.29, 1.82) is 0 Å². The molecule has 0 fully saturated rings. The lowest BCUT2D eigenvalue weighted by Gasteiger charge is -2.10. The molecular formula is C21H18N4O. The van der Waals surface area contributed by atoms with Gasteiger partial charge in [0.2, 0.25) is 0 Å². The fourth-order valence-corrected chi connectivity index (χ4v) is 3.08. The van der Waals surface area contributed by atoms with Gasteiger partial charge in [0.05, 0.1) is 11.2 Å². The Balaban J connectivity index is 1.41. The number of benzene rings is 2. The highest BCUT2D eigenvalue weighted by molar-refractivity contribution is 6.01. The number of anilines is 1. The fourth-order valence-electron chi connectivity index (χ4n) is 3.08. The topological polar surface area (TPSA) is 66.9 Å². The summed E-state index contributed by atoms with van der Waals surface area (Å²) in [5, 5.41) is 8.90. The Labute approximate surface area is 151 Å². The fraction of sp³-hybridized carbons (Fsp3) is 0.0952. The largest absolute Gasteiger partial charge is 0.338 e. The molecule has 4 rings (SSSR count). The third-order valence-electron chi connectivity index (χ3n) is 4.33. The summed E-state index contributed by atoms with van der Waals surface area (Å²) in [5.41, 5.74) is 2.88. The number of carbonyl (C=O) groups is 1. The summed E-state index contributed by atoms with van der Waals surface area (Å²) in [6.07, 6.45) is 6.02. The van der Waals surface area contributed by atoms with E-state index in [0.717, 1.165) is 39.3 Å². The molecule has 26 heavy (non-hydrogen) atoms. The minimum atomic E-state index is -0.220. The summed E-state index contributed by atoms with van der Waals surface area (Å²) in [6.45, 7) is 0.536. The first-order valence-electron chi connectivity index (χ1n) is 8.51. The molecule has 0 aliphatic carbocycles. The first-order valence-corrected chi connectivity index (χ1v) is 8.51. The molecular weight excluding hydrogens is 324 g/mol. The van der Waals surface area contributed by atoms with E-state index in [-0.39, 0.29) is 6.03 Å². The number of amides is 2. The van der Waals surface area contributed by atoms with E-state index in [1.165, 1.54) is 0 Å². The second-order valence-electron chi connectivity index (χ2n) is 6.03. The van der Waals surface area contributed by atoms with Crippen LogP contribution < -0.4 is 10.6 Å². The number of pyridine rings is 2.